The molecule has 0 N–H and O–H groups in total. The van der Waals surface area contributed by atoms with Gasteiger partial charge < -0.3 is 9.26 Å². The Morgan fingerprint density at radius 3 is 2.81 bits per heavy atom. The molecule has 0 spiro atoms. The molecule has 0 amide bonds. The van der Waals surface area contributed by atoms with Crippen LogP contribution in [0.5, 0.6) is 5.75 Å². The maximum Gasteiger partial charge on any atom is 0.134 e. The summed E-state index contributed by atoms with van der Waals surface area (Å²) in [5.41, 5.74) is 3.12. The van der Waals surface area contributed by atoms with E-state index in [0.29, 0.717) is 23.1 Å². The smallest absolute Gasteiger partial charge is 0.134 e. The number of rotatable bonds is 4. The molecule has 1 aromatic carbocycles. The highest BCUT2D eigenvalue weighted by Gasteiger charge is 2.10. The standard InChI is InChI=1S/C15H12ClN3O2/c1-10-7-18-14(8-17-10)13-3-2-11(16)6-15(13)20-9-12-4-5-21-19-12/h2-8H,9H2,1H3. The Balaban J connectivity index is 1.91. The van der Waals surface area contributed by atoms with Crippen molar-refractivity contribution in [2.75, 3.05) is 0 Å². The van der Waals surface area contributed by atoms with E-state index >= 15 is 0 Å². The third-order valence-corrected chi connectivity index (χ3v) is 3.10. The summed E-state index contributed by atoms with van der Waals surface area (Å²) in [5, 5.41) is 4.40. The summed E-state index contributed by atoms with van der Waals surface area (Å²) in [7, 11) is 0. The molecule has 2 heterocycles. The van der Waals surface area contributed by atoms with Crippen LogP contribution in [-0.4, -0.2) is 15.1 Å². The summed E-state index contributed by atoms with van der Waals surface area (Å²) in [4.78, 5) is 8.61. The Morgan fingerprint density at radius 1 is 1.19 bits per heavy atom. The average molecular weight is 302 g/mol. The second kappa shape index (κ2) is 5.93. The van der Waals surface area contributed by atoms with E-state index in [0.717, 1.165) is 17.0 Å². The van der Waals surface area contributed by atoms with Gasteiger partial charge in [-0.15, -0.1) is 0 Å². The van der Waals surface area contributed by atoms with E-state index in [1.54, 1.807) is 30.6 Å². The topological polar surface area (TPSA) is 61.0 Å². The molecule has 21 heavy (non-hydrogen) atoms. The highest BCUT2D eigenvalue weighted by Crippen LogP contribution is 2.31. The molecular weight excluding hydrogens is 290 g/mol. The fourth-order valence-corrected chi connectivity index (χ4v) is 1.98. The van der Waals surface area contributed by atoms with E-state index in [9.17, 15) is 0 Å². The van der Waals surface area contributed by atoms with Gasteiger partial charge in [-0.2, -0.15) is 0 Å². The van der Waals surface area contributed by atoms with Crippen molar-refractivity contribution >= 4 is 11.6 Å². The van der Waals surface area contributed by atoms with Crippen molar-refractivity contribution in [3.63, 3.8) is 0 Å². The molecule has 0 unspecified atom stereocenters. The first kappa shape index (κ1) is 13.6. The number of aryl methyl sites for hydroxylation is 1. The summed E-state index contributed by atoms with van der Waals surface area (Å²) >= 11 is 6.04. The number of nitrogens with zero attached hydrogens (tertiary/aromatic N) is 3. The SMILES string of the molecule is Cc1cnc(-c2ccc(Cl)cc2OCc2ccon2)cn1. The van der Waals surface area contributed by atoms with Crippen LogP contribution in [0.3, 0.4) is 0 Å². The zero-order valence-electron chi connectivity index (χ0n) is 11.3. The average Bonchev–Trinajstić information content (AvgIpc) is 3.00. The lowest BCUT2D eigenvalue weighted by atomic mass is 10.1. The van der Waals surface area contributed by atoms with Crippen LogP contribution in [0.1, 0.15) is 11.4 Å². The van der Waals surface area contributed by atoms with Crippen molar-refractivity contribution in [1.29, 1.82) is 0 Å². The molecule has 0 bridgehead atoms. The van der Waals surface area contributed by atoms with Gasteiger partial charge in [0.25, 0.3) is 0 Å². The van der Waals surface area contributed by atoms with Crippen LogP contribution in [0, 0.1) is 6.92 Å². The van der Waals surface area contributed by atoms with Gasteiger partial charge >= 0.3 is 0 Å². The first-order valence-corrected chi connectivity index (χ1v) is 6.71. The fraction of sp³-hybridized carbons (Fsp3) is 0.133. The zero-order chi connectivity index (χ0) is 14.7. The Bertz CT molecular complexity index is 727. The lowest BCUT2D eigenvalue weighted by molar-refractivity contribution is 0.290. The van der Waals surface area contributed by atoms with Crippen LogP contribution >= 0.6 is 11.6 Å². The maximum absolute atomic E-state index is 6.04. The van der Waals surface area contributed by atoms with Crippen molar-refractivity contribution < 1.29 is 9.26 Å². The van der Waals surface area contributed by atoms with Crippen molar-refractivity contribution in [1.82, 2.24) is 15.1 Å². The van der Waals surface area contributed by atoms with Crippen molar-refractivity contribution in [2.45, 2.75) is 13.5 Å². The monoisotopic (exact) mass is 301 g/mol. The predicted molar refractivity (Wildman–Crippen MR) is 78.1 cm³/mol. The Hall–Kier alpha value is -2.40. The van der Waals surface area contributed by atoms with E-state index in [1.807, 2.05) is 13.0 Å². The summed E-state index contributed by atoms with van der Waals surface area (Å²) in [6, 6.07) is 7.15. The maximum atomic E-state index is 6.04. The summed E-state index contributed by atoms with van der Waals surface area (Å²) in [6.07, 6.45) is 4.93. The molecule has 106 valence electrons. The molecule has 0 radical (unpaired) electrons. The number of halogens is 1. The highest BCUT2D eigenvalue weighted by molar-refractivity contribution is 6.30. The fourth-order valence-electron chi connectivity index (χ4n) is 1.82. The Labute approximate surface area is 126 Å². The van der Waals surface area contributed by atoms with Gasteiger partial charge in [0, 0.05) is 22.8 Å². The molecule has 0 saturated heterocycles. The normalized spacial score (nSPS) is 10.6. The van der Waals surface area contributed by atoms with E-state index in [-0.39, 0.29) is 0 Å². The van der Waals surface area contributed by atoms with Gasteiger partial charge in [-0.25, -0.2) is 0 Å². The molecule has 0 aliphatic carbocycles. The minimum absolute atomic E-state index is 0.295. The minimum atomic E-state index is 0.295. The van der Waals surface area contributed by atoms with E-state index in [4.69, 9.17) is 20.9 Å². The van der Waals surface area contributed by atoms with Crippen LogP contribution in [-0.2, 0) is 6.61 Å². The Kier molecular flexibility index (Phi) is 3.83. The number of ether oxygens (including phenoxy) is 1. The highest BCUT2D eigenvalue weighted by atomic mass is 35.5. The van der Waals surface area contributed by atoms with Gasteiger partial charge in [0.05, 0.1) is 17.6 Å². The summed E-state index contributed by atoms with van der Waals surface area (Å²) in [5.74, 6) is 0.628. The third kappa shape index (κ3) is 3.20. The molecule has 0 aliphatic rings. The lowest BCUT2D eigenvalue weighted by Crippen LogP contribution is -1.98. The lowest BCUT2D eigenvalue weighted by Gasteiger charge is -2.10. The van der Waals surface area contributed by atoms with Gasteiger partial charge in [0.1, 0.15) is 24.3 Å². The first-order chi connectivity index (χ1) is 10.2. The molecule has 5 nitrogen and oxygen atoms in total. The van der Waals surface area contributed by atoms with Crippen LogP contribution in [0.4, 0.5) is 0 Å². The van der Waals surface area contributed by atoms with Crippen molar-refractivity contribution in [2.24, 2.45) is 0 Å². The van der Waals surface area contributed by atoms with Crippen LogP contribution in [0.15, 0.2) is 47.4 Å². The van der Waals surface area contributed by atoms with Crippen LogP contribution in [0.2, 0.25) is 5.02 Å². The van der Waals surface area contributed by atoms with Crippen LogP contribution < -0.4 is 4.74 Å². The van der Waals surface area contributed by atoms with Gasteiger partial charge in [-0.3, -0.25) is 9.97 Å². The molecule has 0 saturated carbocycles. The number of benzene rings is 1. The van der Waals surface area contributed by atoms with Crippen molar-refractivity contribution in [3.05, 3.63) is 59.3 Å². The number of hydrogen-bond acceptors (Lipinski definition) is 5. The second-order valence-corrected chi connectivity index (χ2v) is 4.90. The second-order valence-electron chi connectivity index (χ2n) is 4.46. The van der Waals surface area contributed by atoms with E-state index in [1.165, 1.54) is 6.26 Å². The molecular formula is C15H12ClN3O2. The molecule has 3 aromatic rings. The largest absolute Gasteiger partial charge is 0.486 e. The first-order valence-electron chi connectivity index (χ1n) is 6.33. The van der Waals surface area contributed by atoms with Crippen LogP contribution in [0.25, 0.3) is 11.3 Å². The minimum Gasteiger partial charge on any atom is -0.486 e. The molecule has 0 aliphatic heterocycles. The van der Waals surface area contributed by atoms with E-state index in [2.05, 4.69) is 15.1 Å². The quantitative estimate of drug-likeness (QED) is 0.735. The molecule has 6 heteroatoms. The molecule has 2 aromatic heterocycles. The number of hydrogen-bond donors (Lipinski definition) is 0. The third-order valence-electron chi connectivity index (χ3n) is 2.87. The van der Waals surface area contributed by atoms with E-state index < -0.39 is 0 Å². The predicted octanol–water partition coefficient (Wildman–Crippen LogP) is 3.67. The van der Waals surface area contributed by atoms with Gasteiger partial charge in [0.15, 0.2) is 0 Å². The number of aromatic nitrogens is 3. The zero-order valence-corrected chi connectivity index (χ0v) is 12.0. The summed E-state index contributed by atoms with van der Waals surface area (Å²) in [6.45, 7) is 2.18. The van der Waals surface area contributed by atoms with Crippen molar-refractivity contribution in [3.8, 4) is 17.0 Å². The molecule has 3 rings (SSSR count). The summed E-state index contributed by atoms with van der Waals surface area (Å²) < 4.78 is 10.5. The van der Waals surface area contributed by atoms with Gasteiger partial charge in [0.2, 0.25) is 0 Å². The Morgan fingerprint density at radius 2 is 2.10 bits per heavy atom. The molecule has 0 atom stereocenters. The van der Waals surface area contributed by atoms with Gasteiger partial charge in [-0.05, 0) is 25.1 Å². The molecule has 0 fully saturated rings. The van der Waals surface area contributed by atoms with Gasteiger partial charge in [-0.1, -0.05) is 16.8 Å².